The second kappa shape index (κ2) is 6.53. The van der Waals surface area contributed by atoms with E-state index in [1.807, 2.05) is 44.3 Å². The van der Waals surface area contributed by atoms with E-state index in [-0.39, 0.29) is 11.6 Å². The average Bonchev–Trinajstić information content (AvgIpc) is 3.04. The molecule has 0 aliphatic rings. The van der Waals surface area contributed by atoms with E-state index in [2.05, 4.69) is 20.6 Å². The molecule has 1 N–H and O–H groups in total. The summed E-state index contributed by atoms with van der Waals surface area (Å²) < 4.78 is 6.57. The molecule has 3 aromatic rings. The minimum atomic E-state index is -0.219. The van der Waals surface area contributed by atoms with Crippen molar-refractivity contribution < 1.29 is 4.52 Å². The van der Waals surface area contributed by atoms with Crippen molar-refractivity contribution in [2.24, 2.45) is 0 Å². The largest absolute Gasteiger partial charge is 0.332 e. The molecule has 0 saturated carbocycles. The van der Waals surface area contributed by atoms with Crippen LogP contribution in [0.15, 0.2) is 51.8 Å². The molecule has 7 nitrogen and oxygen atoms in total. The fraction of sp³-hybridized carbons (Fsp3) is 0.250. The smallest absolute Gasteiger partial charge is 0.278 e. The van der Waals surface area contributed by atoms with E-state index in [4.69, 9.17) is 4.52 Å². The quantitative estimate of drug-likeness (QED) is 0.767. The van der Waals surface area contributed by atoms with Crippen LogP contribution in [0.3, 0.4) is 0 Å². The minimum absolute atomic E-state index is 0.219. The Kier molecular flexibility index (Phi) is 4.29. The lowest BCUT2D eigenvalue weighted by atomic mass is 10.2. The van der Waals surface area contributed by atoms with Gasteiger partial charge in [0, 0.05) is 18.5 Å². The van der Waals surface area contributed by atoms with Crippen molar-refractivity contribution in [3.05, 3.63) is 58.6 Å². The number of nitrogens with zero attached hydrogens (tertiary/aromatic N) is 4. The maximum Gasteiger partial charge on any atom is 0.278 e. The molecule has 0 aliphatic heterocycles. The molecule has 0 saturated heterocycles. The molecule has 0 amide bonds. The summed E-state index contributed by atoms with van der Waals surface area (Å²) in [6.45, 7) is 2.03. The normalized spacial score (nSPS) is 12.3. The summed E-state index contributed by atoms with van der Waals surface area (Å²) in [6, 6.07) is 12.5. The first-order valence-corrected chi connectivity index (χ1v) is 7.33. The number of rotatable bonds is 5. The topological polar surface area (TPSA) is 85.8 Å². The third-order valence-electron chi connectivity index (χ3n) is 3.47. The van der Waals surface area contributed by atoms with Gasteiger partial charge in [0.05, 0.1) is 5.69 Å². The first-order chi connectivity index (χ1) is 11.2. The molecule has 7 heteroatoms. The molecule has 0 radical (unpaired) electrons. The van der Waals surface area contributed by atoms with E-state index in [0.29, 0.717) is 29.5 Å². The maximum atomic E-state index is 12.0. The van der Waals surface area contributed by atoms with Gasteiger partial charge in [-0.05, 0) is 32.2 Å². The molecule has 1 unspecified atom stereocenters. The molecule has 23 heavy (non-hydrogen) atoms. The summed E-state index contributed by atoms with van der Waals surface area (Å²) in [5, 5.41) is 11.4. The van der Waals surface area contributed by atoms with Crippen molar-refractivity contribution in [3.63, 3.8) is 0 Å². The Morgan fingerprint density at radius 3 is 2.74 bits per heavy atom. The van der Waals surface area contributed by atoms with Crippen LogP contribution in [0, 0.1) is 0 Å². The second-order valence-electron chi connectivity index (χ2n) is 5.21. The van der Waals surface area contributed by atoms with E-state index >= 15 is 0 Å². The van der Waals surface area contributed by atoms with Crippen molar-refractivity contribution in [1.29, 1.82) is 0 Å². The lowest BCUT2D eigenvalue weighted by molar-refractivity contribution is 0.416. The van der Waals surface area contributed by atoms with Crippen LogP contribution < -0.4 is 10.9 Å². The minimum Gasteiger partial charge on any atom is -0.332 e. The monoisotopic (exact) mass is 311 g/mol. The number of aromatic nitrogens is 4. The van der Waals surface area contributed by atoms with E-state index in [9.17, 15) is 4.79 Å². The highest BCUT2D eigenvalue weighted by Gasteiger charge is 2.13. The van der Waals surface area contributed by atoms with Crippen LogP contribution in [0.25, 0.3) is 17.3 Å². The van der Waals surface area contributed by atoms with Gasteiger partial charge in [-0.1, -0.05) is 23.4 Å². The van der Waals surface area contributed by atoms with E-state index in [1.54, 1.807) is 6.07 Å². The molecule has 2 heterocycles. The first-order valence-electron chi connectivity index (χ1n) is 7.33. The standard InChI is InChI=1S/C16H17N5O2/c1-11(17-2)10-14-18-16(23-20-14)13-8-9-15(22)21(19-13)12-6-4-3-5-7-12/h3-9,11,17H,10H2,1-2H3. The van der Waals surface area contributed by atoms with E-state index < -0.39 is 0 Å². The van der Waals surface area contributed by atoms with Gasteiger partial charge in [0.25, 0.3) is 11.4 Å². The Morgan fingerprint density at radius 1 is 1.22 bits per heavy atom. The van der Waals surface area contributed by atoms with Gasteiger partial charge in [-0.2, -0.15) is 14.8 Å². The lowest BCUT2D eigenvalue weighted by Crippen LogP contribution is -2.24. The number of likely N-dealkylation sites (N-methyl/N-ethyl adjacent to an activating group) is 1. The summed E-state index contributed by atoms with van der Waals surface area (Å²) in [5.41, 5.74) is 0.927. The van der Waals surface area contributed by atoms with Crippen LogP contribution in [-0.4, -0.2) is 33.0 Å². The zero-order valence-electron chi connectivity index (χ0n) is 12.9. The summed E-state index contributed by atoms with van der Waals surface area (Å²) in [4.78, 5) is 16.4. The van der Waals surface area contributed by atoms with Crippen LogP contribution in [-0.2, 0) is 6.42 Å². The predicted molar refractivity (Wildman–Crippen MR) is 85.4 cm³/mol. The molecule has 0 aliphatic carbocycles. The van der Waals surface area contributed by atoms with Crippen LogP contribution in [0.2, 0.25) is 0 Å². The highest BCUT2D eigenvalue weighted by atomic mass is 16.5. The Balaban J connectivity index is 1.94. The Bertz CT molecular complexity index is 841. The molecule has 0 bridgehead atoms. The SMILES string of the molecule is CNC(C)Cc1noc(-c2ccc(=O)n(-c3ccccc3)n2)n1. The van der Waals surface area contributed by atoms with Crippen molar-refractivity contribution in [2.75, 3.05) is 7.05 Å². The van der Waals surface area contributed by atoms with Crippen LogP contribution in [0.1, 0.15) is 12.7 Å². The molecule has 2 aromatic heterocycles. The number of hydrogen-bond donors (Lipinski definition) is 1. The van der Waals surface area contributed by atoms with Crippen molar-refractivity contribution in [1.82, 2.24) is 25.2 Å². The average molecular weight is 311 g/mol. The number of hydrogen-bond acceptors (Lipinski definition) is 6. The van der Waals surface area contributed by atoms with Crippen LogP contribution >= 0.6 is 0 Å². The van der Waals surface area contributed by atoms with Gasteiger partial charge in [-0.3, -0.25) is 4.79 Å². The van der Waals surface area contributed by atoms with Crippen molar-refractivity contribution in [3.8, 4) is 17.3 Å². The van der Waals surface area contributed by atoms with E-state index in [0.717, 1.165) is 0 Å². The Labute approximate surface area is 133 Å². The van der Waals surface area contributed by atoms with Gasteiger partial charge in [0.15, 0.2) is 5.82 Å². The number of para-hydroxylation sites is 1. The number of nitrogens with one attached hydrogen (secondary N) is 1. The fourth-order valence-electron chi connectivity index (χ4n) is 2.10. The summed E-state index contributed by atoms with van der Waals surface area (Å²) in [6.07, 6.45) is 0.651. The van der Waals surface area contributed by atoms with E-state index in [1.165, 1.54) is 10.7 Å². The molecule has 0 fully saturated rings. The van der Waals surface area contributed by atoms with Gasteiger partial charge in [0.1, 0.15) is 5.69 Å². The predicted octanol–water partition coefficient (Wildman–Crippen LogP) is 1.43. The molecule has 118 valence electrons. The molecule has 1 atom stereocenters. The van der Waals surface area contributed by atoms with Crippen LogP contribution in [0.5, 0.6) is 0 Å². The van der Waals surface area contributed by atoms with Gasteiger partial charge in [-0.15, -0.1) is 0 Å². The highest BCUT2D eigenvalue weighted by molar-refractivity contribution is 5.45. The Hall–Kier alpha value is -2.80. The summed E-state index contributed by atoms with van der Waals surface area (Å²) in [5.74, 6) is 0.897. The maximum absolute atomic E-state index is 12.0. The van der Waals surface area contributed by atoms with Gasteiger partial charge < -0.3 is 9.84 Å². The fourth-order valence-corrected chi connectivity index (χ4v) is 2.10. The lowest BCUT2D eigenvalue weighted by Gasteiger charge is -2.05. The van der Waals surface area contributed by atoms with Gasteiger partial charge >= 0.3 is 0 Å². The molecular weight excluding hydrogens is 294 g/mol. The third kappa shape index (κ3) is 3.35. The zero-order valence-corrected chi connectivity index (χ0v) is 12.9. The zero-order chi connectivity index (χ0) is 16.2. The Morgan fingerprint density at radius 2 is 2.00 bits per heavy atom. The van der Waals surface area contributed by atoms with Crippen LogP contribution in [0.4, 0.5) is 0 Å². The molecule has 1 aromatic carbocycles. The van der Waals surface area contributed by atoms with Gasteiger partial charge in [0.2, 0.25) is 0 Å². The second-order valence-corrected chi connectivity index (χ2v) is 5.21. The summed E-state index contributed by atoms with van der Waals surface area (Å²) >= 11 is 0. The molecular formula is C16H17N5O2. The molecule has 0 spiro atoms. The van der Waals surface area contributed by atoms with Crippen molar-refractivity contribution >= 4 is 0 Å². The number of benzene rings is 1. The van der Waals surface area contributed by atoms with Crippen molar-refractivity contribution in [2.45, 2.75) is 19.4 Å². The molecule has 3 rings (SSSR count). The third-order valence-corrected chi connectivity index (χ3v) is 3.47. The highest BCUT2D eigenvalue weighted by Crippen LogP contribution is 2.14. The first kappa shape index (κ1) is 15.1. The van der Waals surface area contributed by atoms with Gasteiger partial charge in [-0.25, -0.2) is 0 Å². The summed E-state index contributed by atoms with van der Waals surface area (Å²) in [7, 11) is 1.88.